The fourth-order valence-corrected chi connectivity index (χ4v) is 1.36. The molecule has 0 heterocycles. The lowest BCUT2D eigenvalue weighted by Crippen LogP contribution is -1.82. The van der Waals surface area contributed by atoms with Crippen LogP contribution in [0.4, 0.5) is 0 Å². The van der Waals surface area contributed by atoms with Crippen LogP contribution in [-0.4, -0.2) is 25.1 Å². The van der Waals surface area contributed by atoms with Gasteiger partial charge in [0.05, 0.1) is 0 Å². The first-order valence-corrected chi connectivity index (χ1v) is 5.74. The second kappa shape index (κ2) is 8.26. The molecule has 100 valence electrons. The van der Waals surface area contributed by atoms with Crippen molar-refractivity contribution in [2.45, 2.75) is 0 Å². The fourth-order valence-electron chi connectivity index (χ4n) is 1.36. The number of benzene rings is 2. The third-order valence-corrected chi connectivity index (χ3v) is 2.39. The second-order valence-electron chi connectivity index (χ2n) is 3.81. The van der Waals surface area contributed by atoms with Gasteiger partial charge < -0.3 is 0 Å². The third-order valence-electron chi connectivity index (χ3n) is 2.39. The first-order valence-electron chi connectivity index (χ1n) is 5.74. The Kier molecular flexibility index (Phi) is 6.27. The monoisotopic (exact) mass is 268 g/mol. The van der Waals surface area contributed by atoms with E-state index in [0.29, 0.717) is 34.8 Å². The number of rotatable bonds is 4. The summed E-state index contributed by atoms with van der Waals surface area (Å²) in [4.78, 5) is 40.6. The average Bonchev–Trinajstić information content (AvgIpc) is 2.55. The van der Waals surface area contributed by atoms with Crippen molar-refractivity contribution in [1.82, 2.24) is 0 Å². The predicted molar refractivity (Wildman–Crippen MR) is 74.4 cm³/mol. The Hall–Kier alpha value is -2.88. The molecule has 0 aliphatic carbocycles. The van der Waals surface area contributed by atoms with Crippen molar-refractivity contribution in [3.8, 4) is 0 Å². The highest BCUT2D eigenvalue weighted by molar-refractivity contribution is 5.81. The summed E-state index contributed by atoms with van der Waals surface area (Å²) in [6.45, 7) is 0. The highest BCUT2D eigenvalue weighted by Crippen LogP contribution is 1.99. The molecule has 2 aromatic rings. The summed E-state index contributed by atoms with van der Waals surface area (Å²) in [5.41, 5.74) is 2.24. The van der Waals surface area contributed by atoms with Crippen LogP contribution in [0.5, 0.6) is 0 Å². The smallest absolute Gasteiger partial charge is 0.150 e. The quantitative estimate of drug-likeness (QED) is 0.799. The first-order chi connectivity index (χ1) is 9.73. The first kappa shape index (κ1) is 15.2. The van der Waals surface area contributed by atoms with E-state index in [2.05, 4.69) is 0 Å². The maximum Gasteiger partial charge on any atom is 0.150 e. The van der Waals surface area contributed by atoms with Crippen LogP contribution in [0.15, 0.2) is 48.5 Å². The maximum atomic E-state index is 10.2. The maximum absolute atomic E-state index is 10.2. The van der Waals surface area contributed by atoms with Gasteiger partial charge in [0.15, 0.2) is 0 Å². The molecule has 0 aromatic heterocycles. The number of hydrogen-bond donors (Lipinski definition) is 0. The third kappa shape index (κ3) is 4.78. The normalized spacial score (nSPS) is 8.80. The van der Waals surface area contributed by atoms with Crippen LogP contribution in [0.3, 0.4) is 0 Å². The lowest BCUT2D eigenvalue weighted by molar-refractivity contribution is 0.111. The Bertz CT molecular complexity index is 550. The van der Waals surface area contributed by atoms with E-state index < -0.39 is 0 Å². The lowest BCUT2D eigenvalue weighted by atomic mass is 10.2. The predicted octanol–water partition coefficient (Wildman–Crippen LogP) is 2.62. The van der Waals surface area contributed by atoms with Crippen LogP contribution in [0.1, 0.15) is 41.4 Å². The van der Waals surface area contributed by atoms with Crippen LogP contribution in [0.2, 0.25) is 0 Å². The van der Waals surface area contributed by atoms with Crippen LogP contribution in [0, 0.1) is 0 Å². The van der Waals surface area contributed by atoms with Crippen molar-refractivity contribution in [1.29, 1.82) is 0 Å². The Morgan fingerprint density at radius 2 is 0.850 bits per heavy atom. The molecule has 0 spiro atoms. The van der Waals surface area contributed by atoms with Gasteiger partial charge in [0.1, 0.15) is 25.1 Å². The van der Waals surface area contributed by atoms with Crippen LogP contribution in [0.25, 0.3) is 0 Å². The summed E-state index contributed by atoms with van der Waals surface area (Å²) < 4.78 is 0. The van der Waals surface area contributed by atoms with E-state index in [0.717, 1.165) is 12.6 Å². The zero-order valence-electron chi connectivity index (χ0n) is 10.6. The zero-order valence-corrected chi connectivity index (χ0v) is 10.6. The SMILES string of the molecule is O=Cc1ccc(C=O)cc1.O=Cc1cccc(C=O)c1. The Labute approximate surface area is 116 Å². The standard InChI is InChI=1S/2C8H6O2/c9-5-7-1-2-8(6-10)4-3-7;9-5-7-2-1-3-8(4-7)6-10/h2*1-6H. The summed E-state index contributed by atoms with van der Waals surface area (Å²) in [7, 11) is 0. The van der Waals surface area contributed by atoms with Crippen molar-refractivity contribution in [2.24, 2.45) is 0 Å². The molecule has 2 rings (SSSR count). The van der Waals surface area contributed by atoms with E-state index in [1.165, 1.54) is 0 Å². The minimum absolute atomic E-state index is 0.532. The van der Waals surface area contributed by atoms with Gasteiger partial charge in [-0.15, -0.1) is 0 Å². The van der Waals surface area contributed by atoms with Gasteiger partial charge in [-0.25, -0.2) is 0 Å². The van der Waals surface area contributed by atoms with Crippen molar-refractivity contribution >= 4 is 25.1 Å². The molecule has 0 saturated heterocycles. The molecule has 0 unspecified atom stereocenters. The second-order valence-corrected chi connectivity index (χ2v) is 3.81. The molecule has 0 aliphatic heterocycles. The summed E-state index contributed by atoms with van der Waals surface area (Å²) in [5.74, 6) is 0. The number of hydrogen-bond acceptors (Lipinski definition) is 4. The summed E-state index contributed by atoms with van der Waals surface area (Å²) >= 11 is 0. The molecule has 0 amide bonds. The fraction of sp³-hybridized carbons (Fsp3) is 0. The Morgan fingerprint density at radius 1 is 0.500 bits per heavy atom. The van der Waals surface area contributed by atoms with Crippen LogP contribution >= 0.6 is 0 Å². The topological polar surface area (TPSA) is 68.3 Å². The number of aldehydes is 4. The highest BCUT2D eigenvalue weighted by atomic mass is 16.1. The van der Waals surface area contributed by atoms with E-state index in [4.69, 9.17) is 0 Å². The number of carbonyl (C=O) groups excluding carboxylic acids is 4. The van der Waals surface area contributed by atoms with E-state index in [9.17, 15) is 19.2 Å². The van der Waals surface area contributed by atoms with E-state index in [-0.39, 0.29) is 0 Å². The molecular weight excluding hydrogens is 256 g/mol. The highest BCUT2D eigenvalue weighted by Gasteiger charge is 1.90. The van der Waals surface area contributed by atoms with E-state index >= 15 is 0 Å². The minimum atomic E-state index is 0.532. The molecule has 0 saturated carbocycles. The summed E-state index contributed by atoms with van der Waals surface area (Å²) in [6.07, 6.45) is 2.92. The molecule has 0 N–H and O–H groups in total. The van der Waals surface area contributed by atoms with Gasteiger partial charge >= 0.3 is 0 Å². The molecule has 0 fully saturated rings. The largest absolute Gasteiger partial charge is 0.298 e. The zero-order chi connectivity index (χ0) is 14.8. The van der Waals surface area contributed by atoms with Crippen LogP contribution < -0.4 is 0 Å². The summed E-state index contributed by atoms with van der Waals surface area (Å²) in [6, 6.07) is 13.0. The molecule has 2 aromatic carbocycles. The van der Waals surface area contributed by atoms with E-state index in [1.807, 2.05) is 0 Å². The molecule has 4 heteroatoms. The van der Waals surface area contributed by atoms with Gasteiger partial charge in [0.2, 0.25) is 0 Å². The Balaban J connectivity index is 0.000000200. The van der Waals surface area contributed by atoms with Gasteiger partial charge in [0, 0.05) is 22.3 Å². The van der Waals surface area contributed by atoms with Gasteiger partial charge in [-0.3, -0.25) is 19.2 Å². The molecule has 0 bridgehead atoms. The van der Waals surface area contributed by atoms with Gasteiger partial charge in [-0.1, -0.05) is 42.5 Å². The van der Waals surface area contributed by atoms with Gasteiger partial charge in [0.25, 0.3) is 0 Å². The average molecular weight is 268 g/mol. The Morgan fingerprint density at radius 3 is 1.15 bits per heavy atom. The number of carbonyl (C=O) groups is 4. The molecule has 0 atom stereocenters. The molecule has 0 aliphatic rings. The van der Waals surface area contributed by atoms with Crippen molar-refractivity contribution in [3.05, 3.63) is 70.8 Å². The van der Waals surface area contributed by atoms with Crippen molar-refractivity contribution in [2.75, 3.05) is 0 Å². The molecular formula is C16H12O4. The lowest BCUT2D eigenvalue weighted by Gasteiger charge is -1.89. The molecule has 4 nitrogen and oxygen atoms in total. The van der Waals surface area contributed by atoms with Crippen molar-refractivity contribution < 1.29 is 19.2 Å². The summed E-state index contributed by atoms with van der Waals surface area (Å²) in [5, 5.41) is 0. The van der Waals surface area contributed by atoms with E-state index in [1.54, 1.807) is 48.5 Å². The van der Waals surface area contributed by atoms with Crippen molar-refractivity contribution in [3.63, 3.8) is 0 Å². The van der Waals surface area contributed by atoms with Gasteiger partial charge in [-0.05, 0) is 6.07 Å². The van der Waals surface area contributed by atoms with Crippen LogP contribution in [-0.2, 0) is 0 Å². The minimum Gasteiger partial charge on any atom is -0.298 e. The van der Waals surface area contributed by atoms with Gasteiger partial charge in [-0.2, -0.15) is 0 Å². The molecule has 0 radical (unpaired) electrons. The molecule has 20 heavy (non-hydrogen) atoms.